The summed E-state index contributed by atoms with van der Waals surface area (Å²) in [6.45, 7) is 3.42. The largest absolute Gasteiger partial charge is 0.336 e. The summed E-state index contributed by atoms with van der Waals surface area (Å²) in [5.74, 6) is -0.255. The topological polar surface area (TPSA) is 52.7 Å². The molecule has 7 heteroatoms. The molecule has 0 aromatic heterocycles. The summed E-state index contributed by atoms with van der Waals surface area (Å²) >= 11 is 9.12. The molecular formula is C26H32BrN3O2S. The van der Waals surface area contributed by atoms with Crippen molar-refractivity contribution in [2.45, 2.75) is 57.9 Å². The van der Waals surface area contributed by atoms with Crippen molar-refractivity contribution in [3.05, 3.63) is 64.6 Å². The van der Waals surface area contributed by atoms with E-state index in [9.17, 15) is 9.59 Å². The van der Waals surface area contributed by atoms with E-state index >= 15 is 0 Å². The Hall–Kier alpha value is -2.25. The minimum Gasteiger partial charge on any atom is -0.336 e. The number of hydrogen-bond acceptors (Lipinski definition) is 3. The van der Waals surface area contributed by atoms with Crippen LogP contribution in [-0.4, -0.2) is 45.9 Å². The van der Waals surface area contributed by atoms with Crippen molar-refractivity contribution >= 4 is 50.8 Å². The predicted octanol–water partition coefficient (Wildman–Crippen LogP) is 5.79. The second-order valence-corrected chi connectivity index (χ2v) is 9.67. The van der Waals surface area contributed by atoms with Crippen LogP contribution in [0.3, 0.4) is 0 Å². The molecule has 1 aliphatic rings. The van der Waals surface area contributed by atoms with Crippen LogP contribution in [-0.2, 0) is 16.0 Å². The first-order chi connectivity index (χ1) is 16.0. The Morgan fingerprint density at radius 2 is 1.70 bits per heavy atom. The van der Waals surface area contributed by atoms with Gasteiger partial charge in [0.15, 0.2) is 5.11 Å². The second kappa shape index (κ2) is 12.8. The van der Waals surface area contributed by atoms with Crippen LogP contribution >= 0.6 is 28.1 Å². The molecule has 1 heterocycles. The number of hydrogen-bond donors (Lipinski definition) is 1. The number of amides is 2. The standard InChI is InChI=1S/C26H32BrN3O2S/c1-2-3-4-5-9-17-29-23(19-24(31)28-22-14-12-21(27)13-15-22)25(32)30(26(29)33)18-16-20-10-7-6-8-11-20/h6-8,10-15,23H,2-5,9,16-19H2,1H3,(H,28,31). The molecule has 5 nitrogen and oxygen atoms in total. The summed E-state index contributed by atoms with van der Waals surface area (Å²) < 4.78 is 0.945. The maximum absolute atomic E-state index is 13.3. The van der Waals surface area contributed by atoms with Crippen LogP contribution in [0.1, 0.15) is 51.0 Å². The molecule has 0 bridgehead atoms. The zero-order chi connectivity index (χ0) is 23.6. The molecule has 176 valence electrons. The summed E-state index contributed by atoms with van der Waals surface area (Å²) in [6.07, 6.45) is 6.46. The third kappa shape index (κ3) is 7.37. The normalized spacial score (nSPS) is 15.9. The van der Waals surface area contributed by atoms with E-state index in [-0.39, 0.29) is 18.2 Å². The molecule has 2 aromatic carbocycles. The Labute approximate surface area is 210 Å². The van der Waals surface area contributed by atoms with E-state index in [2.05, 4.69) is 40.3 Å². The van der Waals surface area contributed by atoms with Gasteiger partial charge in [0.2, 0.25) is 5.91 Å². The molecule has 1 N–H and O–H groups in total. The molecular weight excluding hydrogens is 498 g/mol. The van der Waals surface area contributed by atoms with Gasteiger partial charge in [-0.25, -0.2) is 0 Å². The van der Waals surface area contributed by atoms with Crippen molar-refractivity contribution in [2.24, 2.45) is 0 Å². The van der Waals surface area contributed by atoms with Crippen molar-refractivity contribution in [1.29, 1.82) is 0 Å². The fraction of sp³-hybridized carbons (Fsp3) is 0.423. The van der Waals surface area contributed by atoms with Crippen molar-refractivity contribution in [2.75, 3.05) is 18.4 Å². The number of carbonyl (C=O) groups excluding carboxylic acids is 2. The minimum absolute atomic E-state index is 0.0737. The third-order valence-corrected chi connectivity index (χ3v) is 6.86. The van der Waals surface area contributed by atoms with Gasteiger partial charge in [0.1, 0.15) is 6.04 Å². The summed E-state index contributed by atoms with van der Waals surface area (Å²) in [6, 6.07) is 17.0. The van der Waals surface area contributed by atoms with Crippen LogP contribution in [0.15, 0.2) is 59.1 Å². The smallest absolute Gasteiger partial charge is 0.252 e. The number of carbonyl (C=O) groups is 2. The maximum Gasteiger partial charge on any atom is 0.252 e. The first-order valence-corrected chi connectivity index (χ1v) is 12.9. The number of rotatable bonds is 12. The summed E-state index contributed by atoms with van der Waals surface area (Å²) in [7, 11) is 0. The summed E-state index contributed by atoms with van der Waals surface area (Å²) in [5, 5.41) is 3.46. The minimum atomic E-state index is -0.546. The van der Waals surface area contributed by atoms with Crippen molar-refractivity contribution in [1.82, 2.24) is 9.80 Å². The van der Waals surface area contributed by atoms with E-state index in [1.165, 1.54) is 19.3 Å². The number of benzene rings is 2. The average molecular weight is 531 g/mol. The Kier molecular flexibility index (Phi) is 9.88. The molecule has 1 unspecified atom stereocenters. The maximum atomic E-state index is 13.3. The molecule has 2 amide bonds. The van der Waals surface area contributed by atoms with Crippen LogP contribution in [0.2, 0.25) is 0 Å². The van der Waals surface area contributed by atoms with Gasteiger partial charge in [-0.15, -0.1) is 0 Å². The van der Waals surface area contributed by atoms with Crippen LogP contribution < -0.4 is 5.32 Å². The van der Waals surface area contributed by atoms with Gasteiger partial charge in [-0.2, -0.15) is 0 Å². The average Bonchev–Trinajstić information content (AvgIpc) is 3.03. The van der Waals surface area contributed by atoms with E-state index in [0.717, 1.165) is 29.3 Å². The SMILES string of the molecule is CCCCCCCN1C(=S)N(CCc2ccccc2)C(=O)C1CC(=O)Nc1ccc(Br)cc1. The van der Waals surface area contributed by atoms with Crippen LogP contribution in [0, 0.1) is 0 Å². The lowest BCUT2D eigenvalue weighted by atomic mass is 10.1. The molecule has 1 aliphatic heterocycles. The first kappa shape index (κ1) is 25.4. The van der Waals surface area contributed by atoms with Crippen molar-refractivity contribution in [3.8, 4) is 0 Å². The zero-order valence-electron chi connectivity index (χ0n) is 19.1. The molecule has 0 spiro atoms. The highest BCUT2D eigenvalue weighted by atomic mass is 79.9. The monoisotopic (exact) mass is 529 g/mol. The molecule has 1 atom stereocenters. The summed E-state index contributed by atoms with van der Waals surface area (Å²) in [5.41, 5.74) is 1.87. The summed E-state index contributed by atoms with van der Waals surface area (Å²) in [4.78, 5) is 29.8. The fourth-order valence-electron chi connectivity index (χ4n) is 4.04. The van der Waals surface area contributed by atoms with E-state index in [4.69, 9.17) is 12.2 Å². The third-order valence-electron chi connectivity index (χ3n) is 5.88. The molecule has 0 saturated carbocycles. The first-order valence-electron chi connectivity index (χ1n) is 11.7. The van der Waals surface area contributed by atoms with Gasteiger partial charge in [0.05, 0.1) is 6.42 Å². The number of unbranched alkanes of at least 4 members (excludes halogenated alkanes) is 4. The van der Waals surface area contributed by atoms with E-state index in [1.807, 2.05) is 47.4 Å². The lowest BCUT2D eigenvalue weighted by Gasteiger charge is -2.24. The van der Waals surface area contributed by atoms with Gasteiger partial charge in [0, 0.05) is 23.2 Å². The van der Waals surface area contributed by atoms with Crippen molar-refractivity contribution < 1.29 is 9.59 Å². The molecule has 1 saturated heterocycles. The van der Waals surface area contributed by atoms with Gasteiger partial charge < -0.3 is 10.2 Å². The highest BCUT2D eigenvalue weighted by Gasteiger charge is 2.42. The molecule has 33 heavy (non-hydrogen) atoms. The fourth-order valence-corrected chi connectivity index (χ4v) is 4.71. The Morgan fingerprint density at radius 1 is 1.00 bits per heavy atom. The van der Waals surface area contributed by atoms with Gasteiger partial charge in [-0.3, -0.25) is 14.5 Å². The van der Waals surface area contributed by atoms with Gasteiger partial charge in [0.25, 0.3) is 5.91 Å². The Balaban J connectivity index is 1.66. The van der Waals surface area contributed by atoms with Gasteiger partial charge >= 0.3 is 0 Å². The van der Waals surface area contributed by atoms with Crippen LogP contribution in [0.5, 0.6) is 0 Å². The number of nitrogens with zero attached hydrogens (tertiary/aromatic N) is 2. The highest BCUT2D eigenvalue weighted by Crippen LogP contribution is 2.23. The van der Waals surface area contributed by atoms with Crippen molar-refractivity contribution in [3.63, 3.8) is 0 Å². The number of thiocarbonyl (C=S) groups is 1. The number of anilines is 1. The molecule has 0 aliphatic carbocycles. The molecule has 2 aromatic rings. The Bertz CT molecular complexity index is 936. The van der Waals surface area contributed by atoms with E-state index in [0.29, 0.717) is 23.9 Å². The molecule has 1 fully saturated rings. The van der Waals surface area contributed by atoms with E-state index in [1.54, 1.807) is 4.90 Å². The predicted molar refractivity (Wildman–Crippen MR) is 141 cm³/mol. The van der Waals surface area contributed by atoms with Crippen LogP contribution in [0.4, 0.5) is 5.69 Å². The number of halogens is 1. The van der Waals surface area contributed by atoms with Gasteiger partial charge in [-0.05, 0) is 54.9 Å². The Morgan fingerprint density at radius 3 is 2.39 bits per heavy atom. The quantitative estimate of drug-likeness (QED) is 0.279. The second-order valence-electron chi connectivity index (χ2n) is 8.39. The zero-order valence-corrected chi connectivity index (χ0v) is 21.5. The molecule has 3 rings (SSSR count). The van der Waals surface area contributed by atoms with E-state index < -0.39 is 6.04 Å². The lowest BCUT2D eigenvalue weighted by molar-refractivity contribution is -0.130. The lowest BCUT2D eigenvalue weighted by Crippen LogP contribution is -2.38. The molecule has 0 radical (unpaired) electrons. The highest BCUT2D eigenvalue weighted by molar-refractivity contribution is 9.10. The number of nitrogens with one attached hydrogen (secondary N) is 1. The van der Waals surface area contributed by atoms with Crippen LogP contribution in [0.25, 0.3) is 0 Å². The van der Waals surface area contributed by atoms with Gasteiger partial charge in [-0.1, -0.05) is 78.9 Å².